The Balaban J connectivity index is 1.51. The van der Waals surface area contributed by atoms with Gasteiger partial charge in [0.25, 0.3) is 5.91 Å². The Kier molecular flexibility index (Phi) is 6.46. The van der Waals surface area contributed by atoms with Gasteiger partial charge < -0.3 is 10.1 Å². The number of hydrogen-bond acceptors (Lipinski definition) is 4. The van der Waals surface area contributed by atoms with E-state index >= 15 is 0 Å². The van der Waals surface area contributed by atoms with E-state index in [1.165, 1.54) is 6.20 Å². The van der Waals surface area contributed by atoms with Crippen molar-refractivity contribution in [3.05, 3.63) is 70.1 Å². The molecular formula is C21H23BrN4O2. The standard InChI is InChI=1S/C21H23BrN4O2/c1-14(13-26-16(3)10-15(2)25-26)11-24-21(27)17-4-9-20(23-12-17)28-19-7-5-18(22)6-8-19/h4-10,12,14H,11,13H2,1-3H3,(H,24,27). The second-order valence-electron chi connectivity index (χ2n) is 6.87. The van der Waals surface area contributed by atoms with E-state index in [0.717, 1.165) is 22.4 Å². The smallest absolute Gasteiger partial charge is 0.252 e. The van der Waals surface area contributed by atoms with Gasteiger partial charge in [-0.1, -0.05) is 22.9 Å². The average Bonchev–Trinajstić information content (AvgIpc) is 2.99. The van der Waals surface area contributed by atoms with Crippen molar-refractivity contribution in [3.63, 3.8) is 0 Å². The predicted octanol–water partition coefficient (Wildman–Crippen LogP) is 4.52. The first kappa shape index (κ1) is 20.1. The van der Waals surface area contributed by atoms with Crippen molar-refractivity contribution in [2.24, 2.45) is 5.92 Å². The van der Waals surface area contributed by atoms with Gasteiger partial charge in [0.1, 0.15) is 5.75 Å². The molecule has 6 nitrogen and oxygen atoms in total. The molecule has 1 aromatic carbocycles. The summed E-state index contributed by atoms with van der Waals surface area (Å²) in [7, 11) is 0. The summed E-state index contributed by atoms with van der Waals surface area (Å²) in [6, 6.07) is 12.9. The lowest BCUT2D eigenvalue weighted by Gasteiger charge is -2.14. The molecule has 2 aromatic heterocycles. The number of ether oxygens (including phenoxy) is 1. The van der Waals surface area contributed by atoms with E-state index in [2.05, 4.69) is 44.3 Å². The molecule has 0 fully saturated rings. The highest BCUT2D eigenvalue weighted by Gasteiger charge is 2.11. The molecule has 28 heavy (non-hydrogen) atoms. The van der Waals surface area contributed by atoms with Crippen LogP contribution in [0.4, 0.5) is 0 Å². The zero-order chi connectivity index (χ0) is 20.1. The Labute approximate surface area is 173 Å². The summed E-state index contributed by atoms with van der Waals surface area (Å²) in [5, 5.41) is 7.42. The summed E-state index contributed by atoms with van der Waals surface area (Å²) < 4.78 is 8.63. The van der Waals surface area contributed by atoms with E-state index in [1.54, 1.807) is 12.1 Å². The molecule has 0 saturated heterocycles. The number of hydrogen-bond donors (Lipinski definition) is 1. The fourth-order valence-electron chi connectivity index (χ4n) is 2.79. The molecule has 0 aliphatic heterocycles. The Morgan fingerprint density at radius 1 is 1.21 bits per heavy atom. The van der Waals surface area contributed by atoms with Gasteiger partial charge in [0.05, 0.1) is 11.3 Å². The number of benzene rings is 1. The van der Waals surface area contributed by atoms with Gasteiger partial charge in [0.15, 0.2) is 0 Å². The number of rotatable bonds is 7. The molecule has 3 aromatic rings. The van der Waals surface area contributed by atoms with Crippen LogP contribution in [0.1, 0.15) is 28.7 Å². The minimum Gasteiger partial charge on any atom is -0.439 e. The maximum atomic E-state index is 12.4. The van der Waals surface area contributed by atoms with Crippen molar-refractivity contribution >= 4 is 21.8 Å². The molecule has 146 valence electrons. The number of carbonyl (C=O) groups excluding carboxylic acids is 1. The predicted molar refractivity (Wildman–Crippen MR) is 112 cm³/mol. The quantitative estimate of drug-likeness (QED) is 0.583. The van der Waals surface area contributed by atoms with Crippen LogP contribution in [0, 0.1) is 19.8 Å². The van der Waals surface area contributed by atoms with Gasteiger partial charge in [-0.15, -0.1) is 0 Å². The second-order valence-corrected chi connectivity index (χ2v) is 7.78. The number of aryl methyl sites for hydroxylation is 2. The first-order chi connectivity index (χ1) is 13.4. The van der Waals surface area contributed by atoms with Gasteiger partial charge in [0, 0.05) is 35.5 Å². The monoisotopic (exact) mass is 442 g/mol. The van der Waals surface area contributed by atoms with Gasteiger partial charge in [-0.3, -0.25) is 9.48 Å². The molecule has 1 atom stereocenters. The number of halogens is 1. The third-order valence-corrected chi connectivity index (χ3v) is 4.76. The number of aromatic nitrogens is 3. The molecule has 0 aliphatic carbocycles. The Hall–Kier alpha value is -2.67. The number of pyridine rings is 1. The van der Waals surface area contributed by atoms with Crippen molar-refractivity contribution in [1.29, 1.82) is 0 Å². The summed E-state index contributed by atoms with van der Waals surface area (Å²) in [5.41, 5.74) is 2.63. The molecule has 1 N–H and O–H groups in total. The summed E-state index contributed by atoms with van der Waals surface area (Å²) in [4.78, 5) is 16.6. The van der Waals surface area contributed by atoms with E-state index < -0.39 is 0 Å². The van der Waals surface area contributed by atoms with Crippen molar-refractivity contribution in [2.75, 3.05) is 6.54 Å². The maximum Gasteiger partial charge on any atom is 0.252 e. The highest BCUT2D eigenvalue weighted by molar-refractivity contribution is 9.10. The van der Waals surface area contributed by atoms with E-state index in [4.69, 9.17) is 4.74 Å². The first-order valence-corrected chi connectivity index (χ1v) is 9.89. The molecule has 3 rings (SSSR count). The molecule has 0 saturated carbocycles. The summed E-state index contributed by atoms with van der Waals surface area (Å²) in [5.74, 6) is 1.24. The Morgan fingerprint density at radius 2 is 1.96 bits per heavy atom. The highest BCUT2D eigenvalue weighted by Crippen LogP contribution is 2.21. The van der Waals surface area contributed by atoms with Crippen LogP contribution in [0.25, 0.3) is 0 Å². The van der Waals surface area contributed by atoms with Crippen molar-refractivity contribution < 1.29 is 9.53 Å². The average molecular weight is 443 g/mol. The van der Waals surface area contributed by atoms with E-state index in [9.17, 15) is 4.79 Å². The summed E-state index contributed by atoms with van der Waals surface area (Å²) in [6.45, 7) is 7.43. The molecule has 1 amide bonds. The van der Waals surface area contributed by atoms with Crippen LogP contribution in [-0.4, -0.2) is 27.2 Å². The molecule has 7 heteroatoms. The SMILES string of the molecule is Cc1cc(C)n(CC(C)CNC(=O)c2ccc(Oc3ccc(Br)cc3)nc2)n1. The van der Waals surface area contributed by atoms with E-state index in [0.29, 0.717) is 23.7 Å². The van der Waals surface area contributed by atoms with Crippen LogP contribution >= 0.6 is 15.9 Å². The van der Waals surface area contributed by atoms with Gasteiger partial charge >= 0.3 is 0 Å². The highest BCUT2D eigenvalue weighted by atomic mass is 79.9. The van der Waals surface area contributed by atoms with Crippen LogP contribution in [0.15, 0.2) is 53.1 Å². The normalized spacial score (nSPS) is 11.9. The molecule has 0 aliphatic rings. The number of carbonyl (C=O) groups is 1. The number of nitrogens with one attached hydrogen (secondary N) is 1. The molecular weight excluding hydrogens is 420 g/mol. The number of amides is 1. The molecule has 0 spiro atoms. The lowest BCUT2D eigenvalue weighted by atomic mass is 10.1. The summed E-state index contributed by atoms with van der Waals surface area (Å²) in [6.07, 6.45) is 1.52. The molecule has 1 unspecified atom stereocenters. The van der Waals surface area contributed by atoms with Crippen molar-refractivity contribution in [3.8, 4) is 11.6 Å². The second kappa shape index (κ2) is 9.01. The Morgan fingerprint density at radius 3 is 2.57 bits per heavy atom. The van der Waals surface area contributed by atoms with E-state index in [-0.39, 0.29) is 11.8 Å². The Bertz CT molecular complexity index is 936. The van der Waals surface area contributed by atoms with Crippen molar-refractivity contribution in [1.82, 2.24) is 20.1 Å². The molecule has 2 heterocycles. The van der Waals surface area contributed by atoms with Crippen LogP contribution < -0.4 is 10.1 Å². The lowest BCUT2D eigenvalue weighted by molar-refractivity contribution is 0.0946. The topological polar surface area (TPSA) is 69.0 Å². The van der Waals surface area contributed by atoms with Crippen LogP contribution in [0.2, 0.25) is 0 Å². The zero-order valence-corrected chi connectivity index (χ0v) is 17.7. The third-order valence-electron chi connectivity index (χ3n) is 4.23. The lowest BCUT2D eigenvalue weighted by Crippen LogP contribution is -2.30. The molecule has 0 radical (unpaired) electrons. The third kappa shape index (κ3) is 5.42. The van der Waals surface area contributed by atoms with Crippen LogP contribution in [0.5, 0.6) is 11.6 Å². The van der Waals surface area contributed by atoms with Crippen LogP contribution in [0.3, 0.4) is 0 Å². The zero-order valence-electron chi connectivity index (χ0n) is 16.1. The fourth-order valence-corrected chi connectivity index (χ4v) is 3.05. The minimum atomic E-state index is -0.150. The first-order valence-electron chi connectivity index (χ1n) is 9.09. The van der Waals surface area contributed by atoms with Gasteiger partial charge in [-0.05, 0) is 56.2 Å². The summed E-state index contributed by atoms with van der Waals surface area (Å²) >= 11 is 3.38. The van der Waals surface area contributed by atoms with E-state index in [1.807, 2.05) is 42.8 Å². The fraction of sp³-hybridized carbons (Fsp3) is 0.286. The van der Waals surface area contributed by atoms with Gasteiger partial charge in [-0.25, -0.2) is 4.98 Å². The number of nitrogens with zero attached hydrogens (tertiary/aromatic N) is 3. The van der Waals surface area contributed by atoms with Crippen molar-refractivity contribution in [2.45, 2.75) is 27.3 Å². The molecule has 0 bridgehead atoms. The van der Waals surface area contributed by atoms with Gasteiger partial charge in [0.2, 0.25) is 5.88 Å². The maximum absolute atomic E-state index is 12.4. The largest absolute Gasteiger partial charge is 0.439 e. The minimum absolute atomic E-state index is 0.150. The van der Waals surface area contributed by atoms with Crippen LogP contribution in [-0.2, 0) is 6.54 Å². The van der Waals surface area contributed by atoms with Gasteiger partial charge in [-0.2, -0.15) is 5.10 Å².